The Bertz CT molecular complexity index is 363. The molecule has 1 saturated heterocycles. The molecular formula is C11H16N4O2. The Morgan fingerprint density at radius 3 is 2.65 bits per heavy atom. The van der Waals surface area contributed by atoms with Gasteiger partial charge in [-0.05, 0) is 24.8 Å². The van der Waals surface area contributed by atoms with Crippen molar-refractivity contribution in [3.05, 3.63) is 18.5 Å². The molecule has 0 radical (unpaired) electrons. The van der Waals surface area contributed by atoms with Crippen molar-refractivity contribution in [2.45, 2.75) is 12.8 Å². The molecule has 0 spiro atoms. The van der Waals surface area contributed by atoms with Gasteiger partial charge in [0, 0.05) is 32.0 Å². The largest absolute Gasteiger partial charge is 0.465 e. The standard InChI is InChI=1S/C11H16N4O2/c16-11(17)15-6-2-9(3-7-15)8-14-10-12-4-1-5-13-10/h1,4-5,9H,2-3,6-8H2,(H,16,17)(H,12,13,14). The number of likely N-dealkylation sites (tertiary alicyclic amines) is 1. The SMILES string of the molecule is O=C(O)N1CCC(CNc2ncccn2)CC1. The summed E-state index contributed by atoms with van der Waals surface area (Å²) >= 11 is 0. The summed E-state index contributed by atoms with van der Waals surface area (Å²) in [6, 6.07) is 1.77. The molecule has 6 nitrogen and oxygen atoms in total. The lowest BCUT2D eigenvalue weighted by Crippen LogP contribution is -2.39. The molecule has 17 heavy (non-hydrogen) atoms. The van der Waals surface area contributed by atoms with Gasteiger partial charge in [-0.3, -0.25) is 0 Å². The second kappa shape index (κ2) is 5.47. The molecule has 1 aromatic heterocycles. The molecule has 1 aromatic rings. The number of rotatable bonds is 3. The molecule has 1 aliphatic rings. The highest BCUT2D eigenvalue weighted by atomic mass is 16.4. The average molecular weight is 236 g/mol. The van der Waals surface area contributed by atoms with Crippen molar-refractivity contribution in [3.8, 4) is 0 Å². The van der Waals surface area contributed by atoms with E-state index in [1.54, 1.807) is 18.5 Å². The highest BCUT2D eigenvalue weighted by Gasteiger charge is 2.21. The van der Waals surface area contributed by atoms with E-state index in [2.05, 4.69) is 15.3 Å². The summed E-state index contributed by atoms with van der Waals surface area (Å²) in [6.45, 7) is 2.05. The van der Waals surface area contributed by atoms with Gasteiger partial charge in [0.25, 0.3) is 0 Å². The predicted molar refractivity (Wildman–Crippen MR) is 62.8 cm³/mol. The first-order valence-corrected chi connectivity index (χ1v) is 5.74. The van der Waals surface area contributed by atoms with Crippen LogP contribution >= 0.6 is 0 Å². The summed E-state index contributed by atoms with van der Waals surface area (Å²) < 4.78 is 0. The second-order valence-corrected chi connectivity index (χ2v) is 4.17. The molecule has 0 bridgehead atoms. The van der Waals surface area contributed by atoms with Gasteiger partial charge in [-0.2, -0.15) is 0 Å². The van der Waals surface area contributed by atoms with Crippen LogP contribution in [0.3, 0.4) is 0 Å². The smallest absolute Gasteiger partial charge is 0.407 e. The third-order valence-corrected chi connectivity index (χ3v) is 3.00. The molecular weight excluding hydrogens is 220 g/mol. The second-order valence-electron chi connectivity index (χ2n) is 4.17. The van der Waals surface area contributed by atoms with Gasteiger partial charge in [0.05, 0.1) is 0 Å². The first kappa shape index (κ1) is 11.6. The van der Waals surface area contributed by atoms with Crippen molar-refractivity contribution in [2.75, 3.05) is 25.0 Å². The highest BCUT2D eigenvalue weighted by molar-refractivity contribution is 5.64. The highest BCUT2D eigenvalue weighted by Crippen LogP contribution is 2.17. The number of nitrogens with zero attached hydrogens (tertiary/aromatic N) is 3. The van der Waals surface area contributed by atoms with Gasteiger partial charge in [-0.15, -0.1) is 0 Å². The van der Waals surface area contributed by atoms with Crippen LogP contribution in [0.1, 0.15) is 12.8 Å². The van der Waals surface area contributed by atoms with Crippen molar-refractivity contribution < 1.29 is 9.90 Å². The van der Waals surface area contributed by atoms with Crippen molar-refractivity contribution in [3.63, 3.8) is 0 Å². The lowest BCUT2D eigenvalue weighted by molar-refractivity contribution is 0.126. The zero-order valence-corrected chi connectivity index (χ0v) is 9.54. The molecule has 1 amide bonds. The van der Waals surface area contributed by atoms with E-state index in [1.807, 2.05) is 0 Å². The number of carboxylic acid groups (broad SMARTS) is 1. The number of hydrogen-bond acceptors (Lipinski definition) is 4. The van der Waals surface area contributed by atoms with Gasteiger partial charge in [0.1, 0.15) is 0 Å². The molecule has 1 aliphatic heterocycles. The monoisotopic (exact) mass is 236 g/mol. The maximum Gasteiger partial charge on any atom is 0.407 e. The van der Waals surface area contributed by atoms with Crippen LogP contribution in [0.4, 0.5) is 10.7 Å². The van der Waals surface area contributed by atoms with Gasteiger partial charge < -0.3 is 15.3 Å². The Balaban J connectivity index is 1.74. The molecule has 2 rings (SSSR count). The van der Waals surface area contributed by atoms with Gasteiger partial charge in [-0.1, -0.05) is 0 Å². The van der Waals surface area contributed by atoms with Crippen molar-refractivity contribution in [1.29, 1.82) is 0 Å². The first-order valence-electron chi connectivity index (χ1n) is 5.74. The molecule has 2 N–H and O–H groups in total. The Morgan fingerprint density at radius 2 is 2.06 bits per heavy atom. The molecule has 0 aromatic carbocycles. The minimum atomic E-state index is -0.817. The molecule has 6 heteroatoms. The lowest BCUT2D eigenvalue weighted by Gasteiger charge is -2.29. The number of hydrogen-bond donors (Lipinski definition) is 2. The number of nitrogens with one attached hydrogen (secondary N) is 1. The van der Waals surface area contributed by atoms with Crippen LogP contribution in [0.5, 0.6) is 0 Å². The van der Waals surface area contributed by atoms with Crippen LogP contribution in [0.15, 0.2) is 18.5 Å². The summed E-state index contributed by atoms with van der Waals surface area (Å²) in [6.07, 6.45) is 4.37. The van der Waals surface area contributed by atoms with Crippen LogP contribution in [-0.2, 0) is 0 Å². The maximum absolute atomic E-state index is 10.7. The predicted octanol–water partition coefficient (Wildman–Crippen LogP) is 1.28. The van der Waals surface area contributed by atoms with E-state index in [4.69, 9.17) is 5.11 Å². The number of aromatic nitrogens is 2. The normalized spacial score (nSPS) is 16.8. The molecule has 1 fully saturated rings. The molecule has 0 aliphatic carbocycles. The number of carbonyl (C=O) groups is 1. The van der Waals surface area contributed by atoms with Gasteiger partial charge in [0.2, 0.25) is 5.95 Å². The van der Waals surface area contributed by atoms with E-state index < -0.39 is 6.09 Å². The minimum Gasteiger partial charge on any atom is -0.465 e. The van der Waals surface area contributed by atoms with Crippen molar-refractivity contribution >= 4 is 12.0 Å². The van der Waals surface area contributed by atoms with Crippen LogP contribution in [-0.4, -0.2) is 45.7 Å². The zero-order chi connectivity index (χ0) is 12.1. The first-order chi connectivity index (χ1) is 8.25. The Hall–Kier alpha value is -1.85. The van der Waals surface area contributed by atoms with Crippen LogP contribution < -0.4 is 5.32 Å². The fourth-order valence-electron chi connectivity index (χ4n) is 1.95. The quantitative estimate of drug-likeness (QED) is 0.826. The molecule has 0 saturated carbocycles. The zero-order valence-electron chi connectivity index (χ0n) is 9.54. The van der Waals surface area contributed by atoms with E-state index in [0.717, 1.165) is 19.4 Å². The Morgan fingerprint density at radius 1 is 1.41 bits per heavy atom. The van der Waals surface area contributed by atoms with Gasteiger partial charge in [0.15, 0.2) is 0 Å². The Labute approximate surface area is 99.7 Å². The van der Waals surface area contributed by atoms with Crippen LogP contribution in [0.25, 0.3) is 0 Å². The topological polar surface area (TPSA) is 78.4 Å². The van der Waals surface area contributed by atoms with E-state index in [9.17, 15) is 4.79 Å². The van der Waals surface area contributed by atoms with E-state index in [1.165, 1.54) is 4.90 Å². The molecule has 92 valence electrons. The summed E-state index contributed by atoms with van der Waals surface area (Å²) in [5.74, 6) is 1.13. The minimum absolute atomic E-state index is 0.495. The number of amides is 1. The summed E-state index contributed by atoms with van der Waals surface area (Å²) in [5, 5.41) is 12.0. The van der Waals surface area contributed by atoms with E-state index >= 15 is 0 Å². The van der Waals surface area contributed by atoms with Crippen molar-refractivity contribution in [1.82, 2.24) is 14.9 Å². The average Bonchev–Trinajstić information content (AvgIpc) is 2.38. The molecule has 0 atom stereocenters. The Kier molecular flexibility index (Phi) is 3.74. The fourth-order valence-corrected chi connectivity index (χ4v) is 1.95. The number of piperidine rings is 1. The lowest BCUT2D eigenvalue weighted by atomic mass is 9.97. The van der Waals surface area contributed by atoms with Gasteiger partial charge in [-0.25, -0.2) is 14.8 Å². The van der Waals surface area contributed by atoms with Crippen LogP contribution in [0, 0.1) is 5.92 Å². The third-order valence-electron chi connectivity index (χ3n) is 3.00. The summed E-state index contributed by atoms with van der Waals surface area (Å²) in [5.41, 5.74) is 0. The molecule has 0 unspecified atom stereocenters. The molecule has 2 heterocycles. The number of anilines is 1. The summed E-state index contributed by atoms with van der Waals surface area (Å²) in [7, 11) is 0. The van der Waals surface area contributed by atoms with E-state index in [0.29, 0.717) is 25.0 Å². The van der Waals surface area contributed by atoms with Crippen molar-refractivity contribution in [2.24, 2.45) is 5.92 Å². The summed E-state index contributed by atoms with van der Waals surface area (Å²) in [4.78, 5) is 20.4. The fraction of sp³-hybridized carbons (Fsp3) is 0.545. The van der Waals surface area contributed by atoms with E-state index in [-0.39, 0.29) is 0 Å². The van der Waals surface area contributed by atoms with Crippen LogP contribution in [0.2, 0.25) is 0 Å². The third kappa shape index (κ3) is 3.30. The van der Waals surface area contributed by atoms with Gasteiger partial charge >= 0.3 is 6.09 Å². The maximum atomic E-state index is 10.7.